The first kappa shape index (κ1) is 9.97. The van der Waals surface area contributed by atoms with Gasteiger partial charge in [0, 0.05) is 5.54 Å². The number of amides is 1. The van der Waals surface area contributed by atoms with E-state index < -0.39 is 5.54 Å². The van der Waals surface area contributed by atoms with E-state index in [1.54, 1.807) is 0 Å². The van der Waals surface area contributed by atoms with Gasteiger partial charge < -0.3 is 11.1 Å². The predicted molar refractivity (Wildman–Crippen MR) is 55.7 cm³/mol. The van der Waals surface area contributed by atoms with Crippen LogP contribution in [0.5, 0.6) is 0 Å². The molecule has 3 nitrogen and oxygen atoms in total. The van der Waals surface area contributed by atoms with Gasteiger partial charge >= 0.3 is 0 Å². The summed E-state index contributed by atoms with van der Waals surface area (Å²) in [4.78, 5) is 11.9. The van der Waals surface area contributed by atoms with E-state index in [9.17, 15) is 4.79 Å². The van der Waals surface area contributed by atoms with Crippen molar-refractivity contribution in [1.29, 1.82) is 0 Å². The molecular weight excluding hydrogens is 176 g/mol. The highest BCUT2D eigenvalue weighted by atomic mass is 16.2. The Labute approximate surface area is 85.4 Å². The van der Waals surface area contributed by atoms with Crippen molar-refractivity contribution >= 4 is 5.91 Å². The first-order valence-corrected chi connectivity index (χ1v) is 5.56. The maximum Gasteiger partial charge on any atom is 0.240 e. The summed E-state index contributed by atoms with van der Waals surface area (Å²) in [7, 11) is 0. The van der Waals surface area contributed by atoms with Crippen LogP contribution in [0.1, 0.15) is 46.0 Å². The number of carbonyl (C=O) groups excluding carboxylic acids is 1. The molecule has 2 aliphatic carbocycles. The molecule has 0 spiro atoms. The lowest BCUT2D eigenvalue weighted by atomic mass is 9.76. The van der Waals surface area contributed by atoms with Crippen LogP contribution >= 0.6 is 0 Å². The molecule has 2 rings (SSSR count). The van der Waals surface area contributed by atoms with Crippen LogP contribution in [-0.4, -0.2) is 17.0 Å². The van der Waals surface area contributed by atoms with Gasteiger partial charge in [-0.1, -0.05) is 0 Å². The minimum Gasteiger partial charge on any atom is -0.349 e. The molecule has 14 heavy (non-hydrogen) atoms. The van der Waals surface area contributed by atoms with E-state index in [0.717, 1.165) is 19.3 Å². The molecule has 0 aromatic heterocycles. The minimum atomic E-state index is -0.549. The van der Waals surface area contributed by atoms with Gasteiger partial charge in [-0.3, -0.25) is 4.79 Å². The minimum absolute atomic E-state index is 0.0562. The molecule has 0 atom stereocenters. The highest BCUT2D eigenvalue weighted by molar-refractivity contribution is 5.87. The molecule has 1 amide bonds. The summed E-state index contributed by atoms with van der Waals surface area (Å²) in [5, 5.41) is 3.10. The van der Waals surface area contributed by atoms with Crippen LogP contribution < -0.4 is 11.1 Å². The molecule has 2 fully saturated rings. The summed E-state index contributed by atoms with van der Waals surface area (Å²) >= 11 is 0. The average molecular weight is 196 g/mol. The van der Waals surface area contributed by atoms with Crippen LogP contribution in [0.15, 0.2) is 0 Å². The molecule has 0 aromatic rings. The summed E-state index contributed by atoms with van der Waals surface area (Å²) in [6.07, 6.45) is 5.27. The molecule has 2 saturated carbocycles. The second-order valence-corrected chi connectivity index (χ2v) is 5.46. The third-order valence-electron chi connectivity index (χ3n) is 3.73. The predicted octanol–water partition coefficient (Wildman–Crippen LogP) is 1.17. The fourth-order valence-electron chi connectivity index (χ4n) is 2.11. The van der Waals surface area contributed by atoms with E-state index in [4.69, 9.17) is 5.73 Å². The van der Waals surface area contributed by atoms with Crippen molar-refractivity contribution < 1.29 is 4.79 Å². The van der Waals surface area contributed by atoms with E-state index >= 15 is 0 Å². The van der Waals surface area contributed by atoms with Gasteiger partial charge in [0.15, 0.2) is 0 Å². The first-order chi connectivity index (χ1) is 6.44. The van der Waals surface area contributed by atoms with Crippen LogP contribution in [0.2, 0.25) is 0 Å². The third kappa shape index (κ3) is 1.65. The number of nitrogens with one attached hydrogen (secondary N) is 1. The molecule has 0 radical (unpaired) electrons. The second-order valence-electron chi connectivity index (χ2n) is 5.46. The monoisotopic (exact) mass is 196 g/mol. The molecular formula is C11H20N2O. The van der Waals surface area contributed by atoms with Gasteiger partial charge in [0.2, 0.25) is 5.91 Å². The van der Waals surface area contributed by atoms with Crippen molar-refractivity contribution in [3.05, 3.63) is 0 Å². The quantitative estimate of drug-likeness (QED) is 0.712. The van der Waals surface area contributed by atoms with Crippen LogP contribution in [0.25, 0.3) is 0 Å². The normalized spacial score (nSPS) is 25.4. The molecule has 0 aromatic carbocycles. The Morgan fingerprint density at radius 3 is 2.36 bits per heavy atom. The van der Waals surface area contributed by atoms with Gasteiger partial charge in [-0.2, -0.15) is 0 Å². The van der Waals surface area contributed by atoms with Gasteiger partial charge in [0.05, 0.1) is 5.54 Å². The Morgan fingerprint density at radius 1 is 1.43 bits per heavy atom. The first-order valence-electron chi connectivity index (χ1n) is 5.56. The van der Waals surface area contributed by atoms with Gasteiger partial charge in [0.25, 0.3) is 0 Å². The van der Waals surface area contributed by atoms with Crippen molar-refractivity contribution in [1.82, 2.24) is 5.32 Å². The number of hydrogen-bond donors (Lipinski definition) is 2. The molecule has 3 heteroatoms. The Morgan fingerprint density at radius 2 is 2.00 bits per heavy atom. The van der Waals surface area contributed by atoms with Crippen molar-refractivity contribution in [2.45, 2.75) is 57.0 Å². The SMILES string of the molecule is CC(C)(NC(=O)C1(N)CCC1)C1CC1. The van der Waals surface area contributed by atoms with Crippen molar-refractivity contribution in [2.75, 3.05) is 0 Å². The van der Waals surface area contributed by atoms with E-state index in [1.165, 1.54) is 12.8 Å². The van der Waals surface area contributed by atoms with Crippen molar-refractivity contribution in [2.24, 2.45) is 11.7 Å². The summed E-state index contributed by atoms with van der Waals surface area (Å²) in [5.41, 5.74) is 5.36. The number of rotatable bonds is 3. The zero-order valence-corrected chi connectivity index (χ0v) is 9.10. The van der Waals surface area contributed by atoms with E-state index in [-0.39, 0.29) is 11.4 Å². The molecule has 0 heterocycles. The Bertz CT molecular complexity index is 252. The maximum atomic E-state index is 11.9. The molecule has 2 aliphatic rings. The summed E-state index contributed by atoms with van der Waals surface area (Å²) in [5.74, 6) is 0.718. The van der Waals surface area contributed by atoms with Crippen LogP contribution in [-0.2, 0) is 4.79 Å². The second kappa shape index (κ2) is 2.96. The standard InChI is InChI=1S/C11H20N2O/c1-10(2,8-4-5-8)13-9(14)11(12)6-3-7-11/h8H,3-7,12H2,1-2H3,(H,13,14). The van der Waals surface area contributed by atoms with Gasteiger partial charge in [-0.15, -0.1) is 0 Å². The largest absolute Gasteiger partial charge is 0.349 e. The van der Waals surface area contributed by atoms with Gasteiger partial charge in [-0.05, 0) is 51.9 Å². The lowest BCUT2D eigenvalue weighted by molar-refractivity contribution is -0.131. The van der Waals surface area contributed by atoms with E-state index in [1.807, 2.05) is 0 Å². The van der Waals surface area contributed by atoms with Crippen LogP contribution in [0, 0.1) is 5.92 Å². The molecule has 0 unspecified atom stereocenters. The third-order valence-corrected chi connectivity index (χ3v) is 3.73. The fourth-order valence-corrected chi connectivity index (χ4v) is 2.11. The molecule has 0 aliphatic heterocycles. The van der Waals surface area contributed by atoms with E-state index in [0.29, 0.717) is 5.92 Å². The molecule has 80 valence electrons. The van der Waals surface area contributed by atoms with E-state index in [2.05, 4.69) is 19.2 Å². The Hall–Kier alpha value is -0.570. The topological polar surface area (TPSA) is 55.1 Å². The highest BCUT2D eigenvalue weighted by Gasteiger charge is 2.45. The van der Waals surface area contributed by atoms with Gasteiger partial charge in [0.1, 0.15) is 0 Å². The smallest absolute Gasteiger partial charge is 0.240 e. The summed E-state index contributed by atoms with van der Waals surface area (Å²) < 4.78 is 0. The lowest BCUT2D eigenvalue weighted by Gasteiger charge is -2.39. The Kier molecular flexibility index (Phi) is 2.11. The van der Waals surface area contributed by atoms with Crippen LogP contribution in [0.3, 0.4) is 0 Å². The van der Waals surface area contributed by atoms with Crippen molar-refractivity contribution in [3.63, 3.8) is 0 Å². The fraction of sp³-hybridized carbons (Fsp3) is 0.909. The summed E-state index contributed by atoms with van der Waals surface area (Å²) in [6, 6.07) is 0. The van der Waals surface area contributed by atoms with Gasteiger partial charge in [-0.25, -0.2) is 0 Å². The zero-order valence-electron chi connectivity index (χ0n) is 9.10. The lowest BCUT2D eigenvalue weighted by Crippen LogP contribution is -2.62. The average Bonchev–Trinajstić information content (AvgIpc) is 2.80. The number of hydrogen-bond acceptors (Lipinski definition) is 2. The van der Waals surface area contributed by atoms with Crippen LogP contribution in [0.4, 0.5) is 0 Å². The molecule has 0 bridgehead atoms. The molecule has 3 N–H and O–H groups in total. The zero-order chi connectivity index (χ0) is 10.4. The maximum absolute atomic E-state index is 11.9. The summed E-state index contributed by atoms with van der Waals surface area (Å²) in [6.45, 7) is 4.20. The highest BCUT2D eigenvalue weighted by Crippen LogP contribution is 2.40. The number of carbonyl (C=O) groups is 1. The molecule has 0 saturated heterocycles. The van der Waals surface area contributed by atoms with Crippen molar-refractivity contribution in [3.8, 4) is 0 Å². The Balaban J connectivity index is 1.93. The number of nitrogens with two attached hydrogens (primary N) is 1.